The number of nitrogens with zero attached hydrogens (tertiary/aromatic N) is 1. The largest absolute Gasteiger partial charge is 0.314 e. The quantitative estimate of drug-likeness (QED) is 0.578. The van der Waals surface area contributed by atoms with Crippen LogP contribution in [0, 0.1) is 16.0 Å². The number of halogens is 1. The Labute approximate surface area is 125 Å². The van der Waals surface area contributed by atoms with Crippen molar-refractivity contribution in [2.24, 2.45) is 5.92 Å². The van der Waals surface area contributed by atoms with Crippen LogP contribution in [0.2, 0.25) is 5.02 Å². The summed E-state index contributed by atoms with van der Waals surface area (Å²) in [6.07, 6.45) is 2.55. The van der Waals surface area contributed by atoms with E-state index in [1.54, 1.807) is 12.1 Å². The molecule has 0 amide bonds. The molecule has 1 unspecified atom stereocenters. The summed E-state index contributed by atoms with van der Waals surface area (Å²) in [4.78, 5) is 10.7. The summed E-state index contributed by atoms with van der Waals surface area (Å²) in [7, 11) is 0. The summed E-state index contributed by atoms with van der Waals surface area (Å²) in [5.41, 5.74) is 0.763. The number of nitro groups is 1. The molecule has 0 heterocycles. The monoisotopic (exact) mass is 298 g/mol. The lowest BCUT2D eigenvalue weighted by molar-refractivity contribution is -0.385. The van der Waals surface area contributed by atoms with Crippen LogP contribution in [0.4, 0.5) is 5.69 Å². The average molecular weight is 299 g/mol. The highest BCUT2D eigenvalue weighted by Crippen LogP contribution is 2.28. The van der Waals surface area contributed by atoms with Gasteiger partial charge in [-0.1, -0.05) is 38.4 Å². The molecule has 0 aliphatic carbocycles. The maximum atomic E-state index is 11.1. The normalized spacial score (nSPS) is 12.7. The molecule has 1 rings (SSSR count). The molecule has 0 aliphatic heterocycles. The summed E-state index contributed by atoms with van der Waals surface area (Å²) in [6.45, 7) is 7.42. The molecule has 0 aromatic heterocycles. The maximum absolute atomic E-state index is 11.1. The topological polar surface area (TPSA) is 55.2 Å². The first-order chi connectivity index (χ1) is 9.47. The van der Waals surface area contributed by atoms with E-state index in [1.807, 2.05) is 0 Å². The molecule has 5 heteroatoms. The lowest BCUT2D eigenvalue weighted by Crippen LogP contribution is -2.34. The minimum absolute atomic E-state index is 0.121. The number of hydrogen-bond donors (Lipinski definition) is 1. The molecule has 1 aromatic carbocycles. The molecule has 112 valence electrons. The Balaban J connectivity index is 2.79. The molecule has 0 bridgehead atoms. The molecule has 0 spiro atoms. The average Bonchev–Trinajstić information content (AvgIpc) is 2.39. The fraction of sp³-hybridized carbons (Fsp3) is 0.600. The Morgan fingerprint density at radius 3 is 2.65 bits per heavy atom. The van der Waals surface area contributed by atoms with Gasteiger partial charge in [0.2, 0.25) is 0 Å². The second-order valence-corrected chi connectivity index (χ2v) is 5.75. The van der Waals surface area contributed by atoms with Gasteiger partial charge in [-0.3, -0.25) is 10.1 Å². The smallest absolute Gasteiger partial charge is 0.274 e. The van der Waals surface area contributed by atoms with Crippen molar-refractivity contribution < 1.29 is 4.92 Å². The van der Waals surface area contributed by atoms with Crippen LogP contribution in [0.15, 0.2) is 18.2 Å². The molecule has 0 saturated heterocycles. The molecule has 4 nitrogen and oxygen atoms in total. The van der Waals surface area contributed by atoms with Gasteiger partial charge in [0.1, 0.15) is 0 Å². The highest BCUT2D eigenvalue weighted by molar-refractivity contribution is 6.31. The van der Waals surface area contributed by atoms with Gasteiger partial charge in [-0.2, -0.15) is 0 Å². The van der Waals surface area contributed by atoms with E-state index in [4.69, 9.17) is 11.6 Å². The second kappa shape index (κ2) is 8.22. The van der Waals surface area contributed by atoms with Gasteiger partial charge in [0.25, 0.3) is 5.69 Å². The third kappa shape index (κ3) is 4.76. The first kappa shape index (κ1) is 16.9. The van der Waals surface area contributed by atoms with Crippen molar-refractivity contribution in [2.75, 3.05) is 6.54 Å². The van der Waals surface area contributed by atoms with Crippen molar-refractivity contribution in [1.29, 1.82) is 0 Å². The highest BCUT2D eigenvalue weighted by Gasteiger charge is 2.19. The van der Waals surface area contributed by atoms with Crippen molar-refractivity contribution in [3.63, 3.8) is 0 Å². The number of nitro benzene ring substituents is 1. The van der Waals surface area contributed by atoms with Gasteiger partial charge < -0.3 is 5.32 Å². The highest BCUT2D eigenvalue weighted by atomic mass is 35.5. The van der Waals surface area contributed by atoms with E-state index in [1.165, 1.54) is 6.07 Å². The summed E-state index contributed by atoms with van der Waals surface area (Å²) >= 11 is 6.12. The van der Waals surface area contributed by atoms with E-state index in [-0.39, 0.29) is 10.6 Å². The van der Waals surface area contributed by atoms with Gasteiger partial charge in [-0.25, -0.2) is 0 Å². The van der Waals surface area contributed by atoms with Gasteiger partial charge in [-0.15, -0.1) is 0 Å². The molecular formula is C15H23ClN2O2. The van der Waals surface area contributed by atoms with Gasteiger partial charge in [0.15, 0.2) is 0 Å². The van der Waals surface area contributed by atoms with Crippen molar-refractivity contribution in [3.8, 4) is 0 Å². The van der Waals surface area contributed by atoms with E-state index in [0.717, 1.165) is 19.4 Å². The summed E-state index contributed by atoms with van der Waals surface area (Å²) in [6, 6.07) is 5.21. The third-order valence-corrected chi connectivity index (χ3v) is 3.81. The predicted molar refractivity (Wildman–Crippen MR) is 83.3 cm³/mol. The van der Waals surface area contributed by atoms with Crippen LogP contribution < -0.4 is 5.32 Å². The Bertz CT molecular complexity index is 449. The molecule has 0 saturated carbocycles. The first-order valence-corrected chi connectivity index (χ1v) is 7.50. The van der Waals surface area contributed by atoms with Crippen molar-refractivity contribution >= 4 is 17.3 Å². The summed E-state index contributed by atoms with van der Waals surface area (Å²) in [5, 5.41) is 15.0. The van der Waals surface area contributed by atoms with E-state index in [0.29, 0.717) is 29.0 Å². The number of benzene rings is 1. The molecule has 0 aliphatic rings. The van der Waals surface area contributed by atoms with Crippen molar-refractivity contribution in [1.82, 2.24) is 5.32 Å². The number of hydrogen-bond acceptors (Lipinski definition) is 3. The van der Waals surface area contributed by atoms with Crippen LogP contribution in [-0.2, 0) is 6.42 Å². The first-order valence-electron chi connectivity index (χ1n) is 7.12. The van der Waals surface area contributed by atoms with Crippen LogP contribution in [0.3, 0.4) is 0 Å². The second-order valence-electron chi connectivity index (χ2n) is 5.34. The Kier molecular flexibility index (Phi) is 6.96. The van der Waals surface area contributed by atoms with E-state index in [9.17, 15) is 10.1 Å². The SMILES string of the molecule is CCCNC(CCc1c(Cl)cccc1[N+](=O)[O-])C(C)C. The van der Waals surface area contributed by atoms with E-state index < -0.39 is 0 Å². The lowest BCUT2D eigenvalue weighted by Gasteiger charge is -2.22. The number of nitrogens with one attached hydrogen (secondary N) is 1. The Hall–Kier alpha value is -1.13. The van der Waals surface area contributed by atoms with Crippen LogP contribution in [-0.4, -0.2) is 17.5 Å². The molecule has 0 radical (unpaired) electrons. The number of rotatable bonds is 8. The van der Waals surface area contributed by atoms with E-state index >= 15 is 0 Å². The Morgan fingerprint density at radius 2 is 2.10 bits per heavy atom. The fourth-order valence-corrected chi connectivity index (χ4v) is 2.53. The molecular weight excluding hydrogens is 276 g/mol. The molecule has 1 N–H and O–H groups in total. The van der Waals surface area contributed by atoms with Crippen LogP contribution in [0.1, 0.15) is 39.2 Å². The van der Waals surface area contributed by atoms with Crippen LogP contribution in [0.25, 0.3) is 0 Å². The predicted octanol–water partition coefficient (Wildman–Crippen LogP) is 4.21. The van der Waals surface area contributed by atoms with E-state index in [2.05, 4.69) is 26.1 Å². The van der Waals surface area contributed by atoms with Crippen molar-refractivity contribution in [2.45, 2.75) is 46.1 Å². The van der Waals surface area contributed by atoms with Crippen LogP contribution in [0.5, 0.6) is 0 Å². The maximum Gasteiger partial charge on any atom is 0.274 e. The molecule has 1 aromatic rings. The standard InChI is InChI=1S/C15H23ClN2O2/c1-4-10-17-14(11(2)3)9-8-12-13(16)6-5-7-15(12)18(19)20/h5-7,11,14,17H,4,8-10H2,1-3H3. The van der Waals surface area contributed by atoms with Gasteiger partial charge in [0.05, 0.1) is 9.95 Å². The Morgan fingerprint density at radius 1 is 1.40 bits per heavy atom. The van der Waals surface area contributed by atoms with Gasteiger partial charge in [-0.05, 0) is 37.8 Å². The molecule has 1 atom stereocenters. The zero-order valence-corrected chi connectivity index (χ0v) is 13.1. The minimum atomic E-state index is -0.356. The van der Waals surface area contributed by atoms with Gasteiger partial charge >= 0.3 is 0 Å². The minimum Gasteiger partial charge on any atom is -0.314 e. The van der Waals surface area contributed by atoms with Crippen LogP contribution >= 0.6 is 11.6 Å². The van der Waals surface area contributed by atoms with Crippen molar-refractivity contribution in [3.05, 3.63) is 38.9 Å². The summed E-state index contributed by atoms with van der Waals surface area (Å²) in [5.74, 6) is 0.489. The van der Waals surface area contributed by atoms with Gasteiger partial charge in [0, 0.05) is 17.7 Å². The molecule has 20 heavy (non-hydrogen) atoms. The third-order valence-electron chi connectivity index (χ3n) is 3.46. The lowest BCUT2D eigenvalue weighted by atomic mass is 9.96. The summed E-state index contributed by atoms with van der Waals surface area (Å²) < 4.78 is 0. The fourth-order valence-electron chi connectivity index (χ4n) is 2.27. The zero-order valence-electron chi connectivity index (χ0n) is 12.4. The zero-order chi connectivity index (χ0) is 15.1. The molecule has 0 fully saturated rings.